The molecule has 8 N–H and O–H groups in total. The number of nitrogens with one attached hydrogen (secondary N) is 4. The van der Waals surface area contributed by atoms with E-state index in [1.54, 1.807) is 12.1 Å². The van der Waals surface area contributed by atoms with Crippen molar-refractivity contribution in [2.24, 2.45) is 29.2 Å². The Labute approximate surface area is 251 Å². The summed E-state index contributed by atoms with van der Waals surface area (Å²) in [5.74, 6) is 0.155. The van der Waals surface area contributed by atoms with Crippen LogP contribution in [0.3, 0.4) is 0 Å². The van der Waals surface area contributed by atoms with Gasteiger partial charge in [-0.3, -0.25) is 20.4 Å². The van der Waals surface area contributed by atoms with Crippen LogP contribution in [0.4, 0.5) is 0 Å². The van der Waals surface area contributed by atoms with Gasteiger partial charge in [-0.2, -0.15) is 0 Å². The lowest BCUT2D eigenvalue weighted by molar-refractivity contribution is -0.131. The number of nitrogen functional groups attached to an aromatic ring is 1. The standard InChI is InChI=1S/C32H43BrN6O2/c33-26-8-4-7-25(18-26)27(17-20-9-13-23(14-10-20)29(34)35)31(40)39-28(22-5-2-1-3-6-22)32(41)38-19-21-11-15-24(16-12-21)30(36)37/h4,7-10,13-14,18,21-22,24,27-28H,1-3,5-6,11-12,15-17,19H2,(H3,34,35)(H3,36,37)(H,38,41)(H,39,40). The molecule has 8 nitrogen and oxygen atoms in total. The maximum absolute atomic E-state index is 14.0. The zero-order chi connectivity index (χ0) is 29.4. The van der Waals surface area contributed by atoms with Crippen molar-refractivity contribution in [2.75, 3.05) is 6.54 Å². The SMILES string of the molecule is N=C(N)c1ccc(CC(C(=O)NC(C(=O)NCC2CCC(C(=N)N)CC2)C2CCCCC2)c2cccc(Br)c2)cc1. The first kappa shape index (κ1) is 30.8. The molecule has 2 atom stereocenters. The van der Waals surface area contributed by atoms with E-state index in [9.17, 15) is 9.59 Å². The molecule has 9 heteroatoms. The van der Waals surface area contributed by atoms with E-state index < -0.39 is 12.0 Å². The number of halogens is 1. The number of rotatable bonds is 11. The van der Waals surface area contributed by atoms with Gasteiger partial charge in [0.2, 0.25) is 11.8 Å². The van der Waals surface area contributed by atoms with Crippen LogP contribution in [-0.2, 0) is 16.0 Å². The quantitative estimate of drug-likeness (QED) is 0.154. The van der Waals surface area contributed by atoms with Crippen LogP contribution < -0.4 is 22.1 Å². The first-order valence-electron chi connectivity index (χ1n) is 14.8. The predicted octanol–water partition coefficient (Wildman–Crippen LogP) is 4.98. The topological polar surface area (TPSA) is 158 Å². The summed E-state index contributed by atoms with van der Waals surface area (Å²) in [7, 11) is 0. The van der Waals surface area contributed by atoms with Crippen LogP contribution in [0, 0.1) is 28.6 Å². The Hall–Kier alpha value is -3.20. The number of hydrogen-bond donors (Lipinski definition) is 6. The normalized spacial score (nSPS) is 20.9. The van der Waals surface area contributed by atoms with Gasteiger partial charge in [0.15, 0.2) is 0 Å². The Kier molecular flexibility index (Phi) is 11.0. The number of hydrogen-bond acceptors (Lipinski definition) is 4. The molecule has 2 aromatic carbocycles. The monoisotopic (exact) mass is 622 g/mol. The van der Waals surface area contributed by atoms with E-state index in [0.29, 0.717) is 24.4 Å². The summed E-state index contributed by atoms with van der Waals surface area (Å²) in [5.41, 5.74) is 13.8. The van der Waals surface area contributed by atoms with Crippen LogP contribution in [-0.4, -0.2) is 36.1 Å². The van der Waals surface area contributed by atoms with Crippen LogP contribution in [0.25, 0.3) is 0 Å². The molecule has 0 radical (unpaired) electrons. The third kappa shape index (κ3) is 8.64. The van der Waals surface area contributed by atoms with Crippen molar-refractivity contribution in [2.45, 2.75) is 76.2 Å². The van der Waals surface area contributed by atoms with Crippen LogP contribution in [0.15, 0.2) is 53.0 Å². The Morgan fingerprint density at radius 1 is 0.902 bits per heavy atom. The van der Waals surface area contributed by atoms with E-state index in [2.05, 4.69) is 26.6 Å². The first-order chi connectivity index (χ1) is 19.7. The van der Waals surface area contributed by atoms with Crippen LogP contribution in [0.5, 0.6) is 0 Å². The van der Waals surface area contributed by atoms with Gasteiger partial charge >= 0.3 is 0 Å². The summed E-state index contributed by atoms with van der Waals surface area (Å²) < 4.78 is 0.890. The van der Waals surface area contributed by atoms with Crippen molar-refractivity contribution in [3.8, 4) is 0 Å². The van der Waals surface area contributed by atoms with Gasteiger partial charge in [-0.15, -0.1) is 0 Å². The van der Waals surface area contributed by atoms with Crippen molar-refractivity contribution in [3.05, 3.63) is 69.7 Å². The van der Waals surface area contributed by atoms with Gasteiger partial charge in [0.25, 0.3) is 0 Å². The fourth-order valence-corrected chi connectivity index (χ4v) is 6.71. The summed E-state index contributed by atoms with van der Waals surface area (Å²) in [6.07, 6.45) is 9.27. The number of carbonyl (C=O) groups is 2. The van der Waals surface area contributed by atoms with Gasteiger partial charge in [0, 0.05) is 22.5 Å². The molecule has 41 heavy (non-hydrogen) atoms. The van der Waals surface area contributed by atoms with Crippen molar-refractivity contribution in [3.63, 3.8) is 0 Å². The molecule has 220 valence electrons. The second-order valence-corrected chi connectivity index (χ2v) is 12.6. The number of amides is 2. The van der Waals surface area contributed by atoms with Crippen LogP contribution >= 0.6 is 15.9 Å². The molecule has 2 amide bonds. The number of amidine groups is 2. The Balaban J connectivity index is 1.49. The Morgan fingerprint density at radius 3 is 2.20 bits per heavy atom. The molecule has 2 unspecified atom stereocenters. The highest BCUT2D eigenvalue weighted by Gasteiger charge is 2.34. The van der Waals surface area contributed by atoms with Crippen molar-refractivity contribution < 1.29 is 9.59 Å². The van der Waals surface area contributed by atoms with E-state index in [-0.39, 0.29) is 35.3 Å². The van der Waals surface area contributed by atoms with E-state index in [4.69, 9.17) is 22.3 Å². The molecule has 2 aliphatic rings. The molecular weight excluding hydrogens is 580 g/mol. The summed E-state index contributed by atoms with van der Waals surface area (Å²) in [5, 5.41) is 21.8. The minimum atomic E-state index is -0.578. The lowest BCUT2D eigenvalue weighted by Crippen LogP contribution is -2.53. The van der Waals surface area contributed by atoms with E-state index in [1.165, 1.54) is 0 Å². The second kappa shape index (κ2) is 14.6. The third-order valence-electron chi connectivity index (χ3n) is 8.83. The fourth-order valence-electron chi connectivity index (χ4n) is 6.29. The molecule has 0 heterocycles. The maximum atomic E-state index is 14.0. The molecular formula is C32H43BrN6O2. The van der Waals surface area contributed by atoms with Gasteiger partial charge in [-0.1, -0.05) is 71.6 Å². The Morgan fingerprint density at radius 2 is 1.59 bits per heavy atom. The summed E-state index contributed by atoms with van der Waals surface area (Å²) in [6.45, 7) is 0.583. The van der Waals surface area contributed by atoms with Gasteiger partial charge < -0.3 is 22.1 Å². The zero-order valence-electron chi connectivity index (χ0n) is 23.6. The average molecular weight is 624 g/mol. The highest BCUT2D eigenvalue weighted by atomic mass is 79.9. The van der Waals surface area contributed by atoms with Crippen molar-refractivity contribution in [1.29, 1.82) is 10.8 Å². The summed E-state index contributed by atoms with van der Waals surface area (Å²) in [4.78, 5) is 27.7. The number of benzene rings is 2. The molecule has 0 spiro atoms. The molecule has 0 aliphatic heterocycles. The highest BCUT2D eigenvalue weighted by Crippen LogP contribution is 2.30. The second-order valence-electron chi connectivity index (χ2n) is 11.7. The fraction of sp³-hybridized carbons (Fsp3) is 0.500. The van der Waals surface area contributed by atoms with E-state index in [0.717, 1.165) is 73.4 Å². The molecule has 2 aromatic rings. The summed E-state index contributed by atoms with van der Waals surface area (Å²) >= 11 is 3.54. The molecule has 0 saturated heterocycles. The van der Waals surface area contributed by atoms with Gasteiger partial charge in [-0.25, -0.2) is 0 Å². The smallest absolute Gasteiger partial charge is 0.242 e. The van der Waals surface area contributed by atoms with E-state index in [1.807, 2.05) is 36.4 Å². The molecule has 0 bridgehead atoms. The van der Waals surface area contributed by atoms with Crippen LogP contribution in [0.1, 0.15) is 80.4 Å². The molecule has 2 fully saturated rings. The van der Waals surface area contributed by atoms with E-state index >= 15 is 0 Å². The predicted molar refractivity (Wildman–Crippen MR) is 167 cm³/mol. The number of nitrogens with two attached hydrogens (primary N) is 2. The molecule has 4 rings (SSSR count). The lowest BCUT2D eigenvalue weighted by Gasteiger charge is -2.32. The lowest BCUT2D eigenvalue weighted by atomic mass is 9.81. The molecule has 2 aliphatic carbocycles. The third-order valence-corrected chi connectivity index (χ3v) is 9.32. The molecule has 2 saturated carbocycles. The van der Waals surface area contributed by atoms with Gasteiger partial charge in [0.1, 0.15) is 11.9 Å². The maximum Gasteiger partial charge on any atom is 0.242 e. The van der Waals surface area contributed by atoms with Crippen molar-refractivity contribution in [1.82, 2.24) is 10.6 Å². The minimum absolute atomic E-state index is 0.00562. The minimum Gasteiger partial charge on any atom is -0.387 e. The zero-order valence-corrected chi connectivity index (χ0v) is 25.2. The Bertz CT molecular complexity index is 1220. The largest absolute Gasteiger partial charge is 0.387 e. The van der Waals surface area contributed by atoms with Gasteiger partial charge in [-0.05, 0) is 80.0 Å². The summed E-state index contributed by atoms with van der Waals surface area (Å²) in [6, 6.07) is 14.6. The number of carbonyl (C=O) groups excluding carboxylic acids is 2. The van der Waals surface area contributed by atoms with Crippen LogP contribution in [0.2, 0.25) is 0 Å². The molecule has 0 aromatic heterocycles. The van der Waals surface area contributed by atoms with Crippen molar-refractivity contribution >= 4 is 39.4 Å². The van der Waals surface area contributed by atoms with Gasteiger partial charge in [0.05, 0.1) is 11.8 Å². The first-order valence-corrected chi connectivity index (χ1v) is 15.6. The average Bonchev–Trinajstić information content (AvgIpc) is 2.98. The highest BCUT2D eigenvalue weighted by molar-refractivity contribution is 9.10.